The average Bonchev–Trinajstić information content (AvgIpc) is 3.41. The third-order valence-corrected chi connectivity index (χ3v) is 5.22. The number of rotatable bonds is 3. The van der Waals surface area contributed by atoms with Gasteiger partial charge in [0.1, 0.15) is 11.9 Å². The van der Waals surface area contributed by atoms with Crippen molar-refractivity contribution in [2.24, 2.45) is 5.92 Å². The number of carboxylic acid groups (broad SMARTS) is 1. The largest absolute Gasteiger partial charge is 0.480 e. The lowest BCUT2D eigenvalue weighted by Gasteiger charge is -2.34. The third-order valence-electron chi connectivity index (χ3n) is 5.22. The summed E-state index contributed by atoms with van der Waals surface area (Å²) < 4.78 is 13.1. The van der Waals surface area contributed by atoms with Gasteiger partial charge in [0.05, 0.1) is 0 Å². The van der Waals surface area contributed by atoms with E-state index in [-0.39, 0.29) is 23.6 Å². The van der Waals surface area contributed by atoms with Gasteiger partial charge in [-0.2, -0.15) is 0 Å². The lowest BCUT2D eigenvalue weighted by Crippen LogP contribution is -2.49. The molecule has 0 bridgehead atoms. The minimum atomic E-state index is -0.971. The van der Waals surface area contributed by atoms with Gasteiger partial charge in [0.2, 0.25) is 5.91 Å². The fourth-order valence-corrected chi connectivity index (χ4v) is 3.73. The Kier molecular flexibility index (Phi) is 3.79. The summed E-state index contributed by atoms with van der Waals surface area (Å²) in [7, 11) is 0. The molecule has 0 saturated heterocycles. The van der Waals surface area contributed by atoms with E-state index < -0.39 is 12.0 Å². The highest BCUT2D eigenvalue weighted by Gasteiger charge is 2.48. The lowest BCUT2D eigenvalue weighted by atomic mass is 9.93. The fourth-order valence-electron chi connectivity index (χ4n) is 3.73. The third kappa shape index (κ3) is 2.90. The monoisotopic (exact) mass is 339 g/mol. The molecule has 1 aliphatic carbocycles. The second kappa shape index (κ2) is 5.99. The minimum Gasteiger partial charge on any atom is -0.480 e. The van der Waals surface area contributed by atoms with E-state index in [2.05, 4.69) is 0 Å². The number of carbonyl (C=O) groups is 2. The van der Waals surface area contributed by atoms with Crippen LogP contribution < -0.4 is 0 Å². The van der Waals surface area contributed by atoms with E-state index in [4.69, 9.17) is 0 Å². The number of hydrogen-bond donors (Lipinski definition) is 1. The molecule has 4 rings (SSSR count). The zero-order valence-corrected chi connectivity index (χ0v) is 13.6. The van der Waals surface area contributed by atoms with E-state index in [1.165, 1.54) is 17.0 Å². The Morgan fingerprint density at radius 2 is 1.72 bits per heavy atom. The van der Waals surface area contributed by atoms with Crippen molar-refractivity contribution in [2.45, 2.75) is 31.3 Å². The maximum absolute atomic E-state index is 13.1. The van der Waals surface area contributed by atoms with Crippen molar-refractivity contribution < 1.29 is 19.1 Å². The SMILES string of the molecule is O=C(O)[C@@H]1Cc2ccccc2CN1C(=O)[C@@H]1C[C@H]1c1ccc(F)cc1. The van der Waals surface area contributed by atoms with E-state index in [0.29, 0.717) is 19.4 Å². The van der Waals surface area contributed by atoms with Crippen LogP contribution in [0.3, 0.4) is 0 Å². The van der Waals surface area contributed by atoms with Crippen molar-refractivity contribution in [3.63, 3.8) is 0 Å². The Labute approximate surface area is 144 Å². The number of carboxylic acids is 1. The molecule has 0 radical (unpaired) electrons. The number of fused-ring (bicyclic) bond motifs is 1. The summed E-state index contributed by atoms with van der Waals surface area (Å²) in [5.41, 5.74) is 2.93. The van der Waals surface area contributed by atoms with Crippen molar-refractivity contribution >= 4 is 11.9 Å². The van der Waals surface area contributed by atoms with Gasteiger partial charge in [-0.3, -0.25) is 4.79 Å². The molecule has 1 N–H and O–H groups in total. The topological polar surface area (TPSA) is 57.6 Å². The molecular formula is C20H18FNO3. The van der Waals surface area contributed by atoms with Gasteiger partial charge in [-0.15, -0.1) is 0 Å². The molecule has 0 aromatic heterocycles. The maximum Gasteiger partial charge on any atom is 0.326 e. The number of carbonyl (C=O) groups excluding carboxylic acids is 1. The molecule has 1 fully saturated rings. The summed E-state index contributed by atoms with van der Waals surface area (Å²) in [6.45, 7) is 0.332. The lowest BCUT2D eigenvalue weighted by molar-refractivity contribution is -0.152. The smallest absolute Gasteiger partial charge is 0.326 e. The summed E-state index contributed by atoms with van der Waals surface area (Å²) >= 11 is 0. The first-order chi connectivity index (χ1) is 12.0. The molecule has 1 heterocycles. The zero-order valence-electron chi connectivity index (χ0n) is 13.6. The van der Waals surface area contributed by atoms with Crippen molar-refractivity contribution in [2.75, 3.05) is 0 Å². The predicted molar refractivity (Wildman–Crippen MR) is 89.4 cm³/mol. The molecule has 1 amide bonds. The number of benzene rings is 2. The molecule has 3 atom stereocenters. The summed E-state index contributed by atoms with van der Waals surface area (Å²) in [4.78, 5) is 26.1. The fraction of sp³-hybridized carbons (Fsp3) is 0.300. The van der Waals surface area contributed by atoms with E-state index in [1.54, 1.807) is 12.1 Å². The van der Waals surface area contributed by atoms with Gasteiger partial charge < -0.3 is 10.0 Å². The Bertz CT molecular complexity index is 833. The van der Waals surface area contributed by atoms with Crippen LogP contribution in [0.5, 0.6) is 0 Å². The summed E-state index contributed by atoms with van der Waals surface area (Å²) in [5.74, 6) is -1.54. The van der Waals surface area contributed by atoms with Crippen molar-refractivity contribution in [3.8, 4) is 0 Å². The molecule has 2 aromatic rings. The quantitative estimate of drug-likeness (QED) is 0.935. The molecule has 5 heteroatoms. The minimum absolute atomic E-state index is 0.0553. The van der Waals surface area contributed by atoms with Gasteiger partial charge in [-0.25, -0.2) is 9.18 Å². The molecule has 2 aliphatic rings. The second-order valence-electron chi connectivity index (χ2n) is 6.79. The molecule has 25 heavy (non-hydrogen) atoms. The first-order valence-electron chi connectivity index (χ1n) is 8.40. The van der Waals surface area contributed by atoms with Gasteiger partial charge in [0.15, 0.2) is 0 Å². The van der Waals surface area contributed by atoms with E-state index in [0.717, 1.165) is 16.7 Å². The van der Waals surface area contributed by atoms with Crippen LogP contribution in [-0.2, 0) is 22.6 Å². The van der Waals surface area contributed by atoms with Crippen LogP contribution in [0.1, 0.15) is 29.0 Å². The summed E-state index contributed by atoms with van der Waals surface area (Å²) in [5, 5.41) is 9.56. The Morgan fingerprint density at radius 1 is 1.04 bits per heavy atom. The molecule has 1 saturated carbocycles. The predicted octanol–water partition coefficient (Wildman–Crippen LogP) is 2.97. The highest BCUT2D eigenvalue weighted by atomic mass is 19.1. The number of nitrogens with zero attached hydrogens (tertiary/aromatic N) is 1. The Balaban J connectivity index is 1.55. The first kappa shape index (κ1) is 15.8. The summed E-state index contributed by atoms with van der Waals surface area (Å²) in [6.07, 6.45) is 1.03. The van der Waals surface area contributed by atoms with Gasteiger partial charge in [-0.1, -0.05) is 36.4 Å². The van der Waals surface area contributed by atoms with Crippen LogP contribution in [0.25, 0.3) is 0 Å². The molecule has 128 valence electrons. The molecule has 0 unspecified atom stereocenters. The van der Waals surface area contributed by atoms with Crippen LogP contribution in [0, 0.1) is 11.7 Å². The van der Waals surface area contributed by atoms with E-state index in [9.17, 15) is 19.1 Å². The van der Waals surface area contributed by atoms with Crippen LogP contribution in [0.2, 0.25) is 0 Å². The molecule has 0 spiro atoms. The van der Waals surface area contributed by atoms with Crippen LogP contribution >= 0.6 is 0 Å². The van der Waals surface area contributed by atoms with E-state index >= 15 is 0 Å². The highest BCUT2D eigenvalue weighted by molar-refractivity contribution is 5.88. The average molecular weight is 339 g/mol. The van der Waals surface area contributed by atoms with Crippen molar-refractivity contribution in [1.82, 2.24) is 4.90 Å². The van der Waals surface area contributed by atoms with Crippen LogP contribution in [-0.4, -0.2) is 27.9 Å². The van der Waals surface area contributed by atoms with Crippen LogP contribution in [0.15, 0.2) is 48.5 Å². The normalized spacial score (nSPS) is 24.5. The second-order valence-corrected chi connectivity index (χ2v) is 6.79. The van der Waals surface area contributed by atoms with Gasteiger partial charge in [0.25, 0.3) is 0 Å². The van der Waals surface area contributed by atoms with Crippen LogP contribution in [0.4, 0.5) is 4.39 Å². The van der Waals surface area contributed by atoms with E-state index in [1.807, 2.05) is 24.3 Å². The van der Waals surface area contributed by atoms with Gasteiger partial charge in [-0.05, 0) is 41.2 Å². The number of amides is 1. The standard InChI is InChI=1S/C20H18FNO3/c21-15-7-5-12(6-8-15)16-10-17(16)19(23)22-11-14-4-2-1-3-13(14)9-18(22)20(24)25/h1-8,16-18H,9-11H2,(H,24,25)/t16-,17+,18-/m0/s1. The van der Waals surface area contributed by atoms with Gasteiger partial charge >= 0.3 is 5.97 Å². The Hall–Kier alpha value is -2.69. The molecule has 2 aromatic carbocycles. The molecule has 1 aliphatic heterocycles. The summed E-state index contributed by atoms with van der Waals surface area (Å²) in [6, 6.07) is 13.0. The molecule has 4 nitrogen and oxygen atoms in total. The highest BCUT2D eigenvalue weighted by Crippen LogP contribution is 2.49. The number of hydrogen-bond acceptors (Lipinski definition) is 2. The van der Waals surface area contributed by atoms with Gasteiger partial charge in [0, 0.05) is 18.9 Å². The Morgan fingerprint density at radius 3 is 2.40 bits per heavy atom. The number of aliphatic carboxylic acids is 1. The maximum atomic E-state index is 13.1. The number of halogens is 1. The molecular weight excluding hydrogens is 321 g/mol. The first-order valence-corrected chi connectivity index (χ1v) is 8.40. The van der Waals surface area contributed by atoms with Crippen molar-refractivity contribution in [1.29, 1.82) is 0 Å². The zero-order chi connectivity index (χ0) is 17.6. The van der Waals surface area contributed by atoms with Crippen molar-refractivity contribution in [3.05, 3.63) is 71.0 Å².